The lowest BCUT2D eigenvalue weighted by molar-refractivity contribution is 0.100. The predicted molar refractivity (Wildman–Crippen MR) is 50.8 cm³/mol. The van der Waals surface area contributed by atoms with E-state index in [4.69, 9.17) is 5.73 Å². The summed E-state index contributed by atoms with van der Waals surface area (Å²) in [6, 6.07) is 1.80. The first-order valence-corrected chi connectivity index (χ1v) is 4.97. The maximum Gasteiger partial charge on any atom is 0.258 e. The SMILES string of the molecule is Cc1nc2sc(C(N)=O)cc2s1. The molecule has 0 aliphatic heterocycles. The minimum absolute atomic E-state index is 0.372. The third-order valence-corrected chi connectivity index (χ3v) is 3.53. The quantitative estimate of drug-likeness (QED) is 0.759. The molecule has 12 heavy (non-hydrogen) atoms. The zero-order valence-electron chi connectivity index (χ0n) is 6.33. The molecule has 5 heteroatoms. The van der Waals surface area contributed by atoms with Gasteiger partial charge in [-0.3, -0.25) is 4.79 Å². The number of hydrogen-bond donors (Lipinski definition) is 1. The largest absolute Gasteiger partial charge is 0.365 e. The maximum absolute atomic E-state index is 10.8. The first-order valence-electron chi connectivity index (χ1n) is 3.33. The molecule has 0 saturated carbocycles. The number of rotatable bonds is 1. The fraction of sp³-hybridized carbons (Fsp3) is 0.143. The third kappa shape index (κ3) is 1.11. The second-order valence-corrected chi connectivity index (χ2v) is 4.64. The van der Waals surface area contributed by atoms with Crippen LogP contribution in [0, 0.1) is 6.92 Å². The number of thiazole rings is 1. The molecule has 0 bridgehead atoms. The van der Waals surface area contributed by atoms with Crippen molar-refractivity contribution >= 4 is 38.1 Å². The molecule has 0 fully saturated rings. The van der Waals surface area contributed by atoms with Crippen molar-refractivity contribution in [1.82, 2.24) is 4.98 Å². The highest BCUT2D eigenvalue weighted by molar-refractivity contribution is 7.27. The van der Waals surface area contributed by atoms with Crippen molar-refractivity contribution in [2.24, 2.45) is 5.73 Å². The molecule has 0 aromatic carbocycles. The molecule has 1 amide bonds. The molecule has 3 nitrogen and oxygen atoms in total. The summed E-state index contributed by atoms with van der Waals surface area (Å²) in [6.45, 7) is 1.95. The number of nitrogens with two attached hydrogens (primary N) is 1. The van der Waals surface area contributed by atoms with Gasteiger partial charge >= 0.3 is 0 Å². The van der Waals surface area contributed by atoms with E-state index in [9.17, 15) is 4.79 Å². The van der Waals surface area contributed by atoms with Crippen molar-refractivity contribution < 1.29 is 4.79 Å². The van der Waals surface area contributed by atoms with E-state index in [-0.39, 0.29) is 5.91 Å². The number of carbonyl (C=O) groups excluding carboxylic acids is 1. The fourth-order valence-electron chi connectivity index (χ4n) is 0.962. The van der Waals surface area contributed by atoms with E-state index >= 15 is 0 Å². The number of amides is 1. The Kier molecular flexibility index (Phi) is 1.62. The van der Waals surface area contributed by atoms with Crippen LogP contribution in [-0.2, 0) is 0 Å². The van der Waals surface area contributed by atoms with E-state index in [0.29, 0.717) is 4.88 Å². The van der Waals surface area contributed by atoms with E-state index < -0.39 is 0 Å². The molecule has 2 N–H and O–H groups in total. The number of fused-ring (bicyclic) bond motifs is 1. The Labute approximate surface area is 76.8 Å². The average molecular weight is 198 g/mol. The Morgan fingerprint density at radius 1 is 1.58 bits per heavy atom. The predicted octanol–water partition coefficient (Wildman–Crippen LogP) is 1.77. The van der Waals surface area contributed by atoms with Crippen molar-refractivity contribution in [1.29, 1.82) is 0 Å². The van der Waals surface area contributed by atoms with Gasteiger partial charge in [-0.25, -0.2) is 4.98 Å². The van der Waals surface area contributed by atoms with Crippen molar-refractivity contribution in [3.8, 4) is 0 Å². The second-order valence-electron chi connectivity index (χ2n) is 2.38. The molecule has 0 atom stereocenters. The Balaban J connectivity index is 2.64. The first kappa shape index (κ1) is 7.70. The number of aryl methyl sites for hydroxylation is 1. The minimum Gasteiger partial charge on any atom is -0.365 e. The number of primary amides is 1. The van der Waals surface area contributed by atoms with Gasteiger partial charge in [0.1, 0.15) is 4.83 Å². The van der Waals surface area contributed by atoms with Crippen LogP contribution in [0.2, 0.25) is 0 Å². The summed E-state index contributed by atoms with van der Waals surface area (Å²) in [5.41, 5.74) is 5.12. The standard InChI is InChI=1S/C7H6N2OS2/c1-3-9-7-5(11-3)2-4(12-7)6(8)10/h2H,1H3,(H2,8,10). The highest BCUT2D eigenvalue weighted by Gasteiger charge is 2.09. The Bertz CT molecular complexity index is 412. The average Bonchev–Trinajstić information content (AvgIpc) is 2.42. The molecular formula is C7H6N2OS2. The van der Waals surface area contributed by atoms with Gasteiger partial charge in [-0.15, -0.1) is 22.7 Å². The van der Waals surface area contributed by atoms with E-state index in [1.165, 1.54) is 11.3 Å². The van der Waals surface area contributed by atoms with E-state index in [1.54, 1.807) is 17.4 Å². The van der Waals surface area contributed by atoms with Gasteiger partial charge in [0.05, 0.1) is 14.6 Å². The number of thiophene rings is 1. The van der Waals surface area contributed by atoms with Crippen LogP contribution >= 0.6 is 22.7 Å². The summed E-state index contributed by atoms with van der Waals surface area (Å²) in [6.07, 6.45) is 0. The fourth-order valence-corrected chi connectivity index (χ4v) is 2.94. The minimum atomic E-state index is -0.372. The van der Waals surface area contributed by atoms with Crippen LogP contribution in [0.15, 0.2) is 6.07 Å². The molecule has 2 heterocycles. The topological polar surface area (TPSA) is 56.0 Å². The van der Waals surface area contributed by atoms with Crippen LogP contribution in [0.5, 0.6) is 0 Å². The lowest BCUT2D eigenvalue weighted by atomic mass is 10.4. The van der Waals surface area contributed by atoms with Gasteiger partial charge in [-0.2, -0.15) is 0 Å². The molecule has 2 rings (SSSR count). The Hall–Kier alpha value is -0.940. The van der Waals surface area contributed by atoms with Gasteiger partial charge in [0.2, 0.25) is 0 Å². The van der Waals surface area contributed by atoms with Gasteiger partial charge in [-0.1, -0.05) is 0 Å². The highest BCUT2D eigenvalue weighted by atomic mass is 32.1. The van der Waals surface area contributed by atoms with Crippen LogP contribution in [0.1, 0.15) is 14.7 Å². The zero-order valence-corrected chi connectivity index (χ0v) is 7.96. The molecule has 0 spiro atoms. The van der Waals surface area contributed by atoms with Crippen molar-refractivity contribution in [2.45, 2.75) is 6.92 Å². The molecule has 0 saturated heterocycles. The summed E-state index contributed by atoms with van der Waals surface area (Å²) < 4.78 is 1.05. The Morgan fingerprint density at radius 2 is 2.33 bits per heavy atom. The van der Waals surface area contributed by atoms with Crippen LogP contribution in [0.25, 0.3) is 9.53 Å². The van der Waals surface area contributed by atoms with Crippen LogP contribution in [-0.4, -0.2) is 10.9 Å². The molecule has 0 radical (unpaired) electrons. The molecule has 0 aliphatic carbocycles. The van der Waals surface area contributed by atoms with Crippen LogP contribution in [0.4, 0.5) is 0 Å². The van der Waals surface area contributed by atoms with E-state index in [1.807, 2.05) is 6.92 Å². The van der Waals surface area contributed by atoms with E-state index in [2.05, 4.69) is 4.98 Å². The van der Waals surface area contributed by atoms with Gasteiger partial charge in [-0.05, 0) is 13.0 Å². The molecule has 62 valence electrons. The van der Waals surface area contributed by atoms with Gasteiger partial charge < -0.3 is 5.73 Å². The normalized spacial score (nSPS) is 10.8. The monoisotopic (exact) mass is 198 g/mol. The second kappa shape index (κ2) is 2.53. The molecule has 2 aromatic rings. The highest BCUT2D eigenvalue weighted by Crippen LogP contribution is 2.29. The maximum atomic E-state index is 10.8. The zero-order chi connectivity index (χ0) is 8.72. The lowest BCUT2D eigenvalue weighted by Gasteiger charge is -1.82. The number of carbonyl (C=O) groups is 1. The number of hydrogen-bond acceptors (Lipinski definition) is 4. The molecular weight excluding hydrogens is 192 g/mol. The first-order chi connectivity index (χ1) is 5.66. The molecule has 2 aromatic heterocycles. The van der Waals surface area contributed by atoms with Gasteiger partial charge in [0.15, 0.2) is 0 Å². The Morgan fingerprint density at radius 3 is 2.92 bits per heavy atom. The number of nitrogens with zero attached hydrogens (tertiary/aromatic N) is 1. The van der Waals surface area contributed by atoms with Crippen molar-refractivity contribution in [3.63, 3.8) is 0 Å². The van der Waals surface area contributed by atoms with Gasteiger partial charge in [0.25, 0.3) is 5.91 Å². The van der Waals surface area contributed by atoms with Gasteiger partial charge in [0, 0.05) is 0 Å². The summed E-state index contributed by atoms with van der Waals surface area (Å²) in [7, 11) is 0. The summed E-state index contributed by atoms with van der Waals surface area (Å²) >= 11 is 2.93. The summed E-state index contributed by atoms with van der Waals surface area (Å²) in [5.74, 6) is -0.372. The number of aromatic nitrogens is 1. The van der Waals surface area contributed by atoms with Crippen molar-refractivity contribution in [2.75, 3.05) is 0 Å². The molecule has 0 unspecified atom stereocenters. The van der Waals surface area contributed by atoms with Crippen molar-refractivity contribution in [3.05, 3.63) is 16.0 Å². The third-order valence-electron chi connectivity index (χ3n) is 1.44. The van der Waals surface area contributed by atoms with Crippen LogP contribution in [0.3, 0.4) is 0 Å². The lowest BCUT2D eigenvalue weighted by Crippen LogP contribution is -2.08. The molecule has 0 aliphatic rings. The summed E-state index contributed by atoms with van der Waals surface area (Å²) in [4.78, 5) is 16.5. The smallest absolute Gasteiger partial charge is 0.258 e. The summed E-state index contributed by atoms with van der Waals surface area (Å²) in [5, 5.41) is 1.02. The van der Waals surface area contributed by atoms with Crippen LogP contribution < -0.4 is 5.73 Å². The van der Waals surface area contributed by atoms with E-state index in [0.717, 1.165) is 14.5 Å².